The normalized spacial score (nSPS) is 12.9. The summed E-state index contributed by atoms with van der Waals surface area (Å²) in [6.07, 6.45) is -8.99. The number of ether oxygens (including phenoxy) is 1. The molecule has 10 heteroatoms. The number of halogens is 6. The molecule has 0 saturated carbocycles. The number of benzene rings is 2. The highest BCUT2D eigenvalue weighted by molar-refractivity contribution is 5.74. The second-order valence-electron chi connectivity index (χ2n) is 10.7. The van der Waals surface area contributed by atoms with Crippen molar-refractivity contribution in [2.45, 2.75) is 83.2 Å². The van der Waals surface area contributed by atoms with Gasteiger partial charge in [-0.1, -0.05) is 50.2 Å². The maximum Gasteiger partial charge on any atom is 0.426 e. The van der Waals surface area contributed by atoms with E-state index in [1.165, 1.54) is 7.11 Å². The lowest BCUT2D eigenvalue weighted by molar-refractivity contribution is -0.369. The summed E-state index contributed by atoms with van der Waals surface area (Å²) >= 11 is 0. The molecule has 0 atom stereocenters. The second kappa shape index (κ2) is 12.5. The molecule has 228 valence electrons. The van der Waals surface area contributed by atoms with E-state index in [0.717, 1.165) is 33.4 Å². The fourth-order valence-corrected chi connectivity index (χ4v) is 5.52. The Balaban J connectivity index is 1.95. The van der Waals surface area contributed by atoms with Gasteiger partial charge in [-0.05, 0) is 84.5 Å². The number of hydrogen-bond donors (Lipinski definition) is 1. The molecular formula is C32H35F6NO3. The third kappa shape index (κ3) is 6.48. The molecule has 4 nitrogen and oxygen atoms in total. The Morgan fingerprint density at radius 3 is 1.93 bits per heavy atom. The first-order valence-electron chi connectivity index (χ1n) is 13.6. The lowest BCUT2D eigenvalue weighted by Crippen LogP contribution is -2.57. The Bertz CT molecular complexity index is 1400. The third-order valence-electron chi connectivity index (χ3n) is 8.26. The highest BCUT2D eigenvalue weighted by Gasteiger charge is 2.69. The molecule has 1 aromatic heterocycles. The van der Waals surface area contributed by atoms with Gasteiger partial charge in [0, 0.05) is 23.4 Å². The van der Waals surface area contributed by atoms with E-state index in [-0.39, 0.29) is 12.4 Å². The Labute approximate surface area is 241 Å². The highest BCUT2D eigenvalue weighted by atomic mass is 19.4. The van der Waals surface area contributed by atoms with Crippen LogP contribution in [0, 0.1) is 13.8 Å². The zero-order valence-corrected chi connectivity index (χ0v) is 24.2. The number of nitrogens with zero attached hydrogens (tertiary/aromatic N) is 1. The molecule has 1 heterocycles. The Hall–Kier alpha value is -3.40. The maximum atomic E-state index is 13.2. The van der Waals surface area contributed by atoms with E-state index < -0.39 is 36.2 Å². The molecule has 0 saturated heterocycles. The molecule has 0 spiro atoms. The van der Waals surface area contributed by atoms with Crippen molar-refractivity contribution in [3.63, 3.8) is 0 Å². The number of carbonyl (C=O) groups is 1. The topological polar surface area (TPSA) is 59.4 Å². The molecule has 0 aliphatic rings. The molecule has 0 unspecified atom stereocenters. The van der Waals surface area contributed by atoms with Crippen LogP contribution >= 0.6 is 0 Å². The van der Waals surface area contributed by atoms with Crippen LogP contribution in [0.25, 0.3) is 11.1 Å². The largest absolute Gasteiger partial charge is 0.469 e. The number of aromatic nitrogens is 1. The fraction of sp³-hybridized carbons (Fsp3) is 0.438. The number of aryl methyl sites for hydroxylation is 3. The van der Waals surface area contributed by atoms with E-state index >= 15 is 0 Å². The maximum absolute atomic E-state index is 13.2. The van der Waals surface area contributed by atoms with Crippen LogP contribution in [0.15, 0.2) is 54.9 Å². The van der Waals surface area contributed by atoms with Crippen molar-refractivity contribution in [3.05, 3.63) is 88.2 Å². The van der Waals surface area contributed by atoms with E-state index in [1.54, 1.807) is 31.5 Å². The molecule has 0 bridgehead atoms. The standard InChI is InChI=1S/C32H35F6NO3/c1-6-29(7-2,25-9-8-23(20(3)14-25)12-13-30(41,31(33,34)35)32(36,37)38)26-10-11-27(21(4)15-26)24-16-22(18-39-19-24)17-28(40)42-5/h8-11,14-16,18-19,41H,6-7,12-13,17H2,1-5H3. The minimum absolute atomic E-state index is 0.101. The molecule has 0 fully saturated rings. The van der Waals surface area contributed by atoms with Crippen LogP contribution in [0.4, 0.5) is 26.3 Å². The summed E-state index contributed by atoms with van der Waals surface area (Å²) in [5, 5.41) is 9.57. The molecule has 2 aromatic carbocycles. The van der Waals surface area contributed by atoms with Gasteiger partial charge in [-0.3, -0.25) is 9.78 Å². The Kier molecular flexibility index (Phi) is 9.82. The van der Waals surface area contributed by atoms with Gasteiger partial charge in [0.25, 0.3) is 5.60 Å². The van der Waals surface area contributed by atoms with Crippen LogP contribution in [-0.2, 0) is 27.8 Å². The second-order valence-corrected chi connectivity index (χ2v) is 10.7. The van der Waals surface area contributed by atoms with E-state index in [9.17, 15) is 36.2 Å². The van der Waals surface area contributed by atoms with Crippen molar-refractivity contribution >= 4 is 5.97 Å². The van der Waals surface area contributed by atoms with Crippen LogP contribution in [0.2, 0.25) is 0 Å². The molecular weight excluding hydrogens is 560 g/mol. The summed E-state index contributed by atoms with van der Waals surface area (Å²) in [5.41, 5.74) is 0.995. The van der Waals surface area contributed by atoms with Crippen LogP contribution in [0.1, 0.15) is 66.5 Å². The number of pyridine rings is 1. The fourth-order valence-electron chi connectivity index (χ4n) is 5.52. The van der Waals surface area contributed by atoms with Gasteiger partial charge in [0.2, 0.25) is 0 Å². The summed E-state index contributed by atoms with van der Waals surface area (Å²) < 4.78 is 83.7. The van der Waals surface area contributed by atoms with Crippen LogP contribution in [0.3, 0.4) is 0 Å². The molecule has 1 N–H and O–H groups in total. The quantitative estimate of drug-likeness (QED) is 0.191. The van der Waals surface area contributed by atoms with Gasteiger partial charge in [-0.2, -0.15) is 26.3 Å². The SMILES string of the molecule is CCC(CC)(c1ccc(CCC(O)(C(F)(F)F)C(F)(F)F)c(C)c1)c1ccc(-c2cncc(CC(=O)OC)c2)c(C)c1. The number of carbonyl (C=O) groups excluding carboxylic acids is 1. The van der Waals surface area contributed by atoms with Gasteiger partial charge in [-0.25, -0.2) is 0 Å². The lowest BCUT2D eigenvalue weighted by atomic mass is 9.69. The van der Waals surface area contributed by atoms with E-state index in [4.69, 9.17) is 4.74 Å². The van der Waals surface area contributed by atoms with Crippen molar-refractivity contribution < 1.29 is 41.0 Å². The Morgan fingerprint density at radius 2 is 1.43 bits per heavy atom. The minimum Gasteiger partial charge on any atom is -0.469 e. The van der Waals surface area contributed by atoms with Crippen molar-refractivity contribution in [2.75, 3.05) is 7.11 Å². The predicted octanol–water partition coefficient (Wildman–Crippen LogP) is 7.98. The van der Waals surface area contributed by atoms with E-state index in [2.05, 4.69) is 11.1 Å². The van der Waals surface area contributed by atoms with Crippen LogP contribution in [-0.4, -0.2) is 41.1 Å². The number of alkyl halides is 6. The average molecular weight is 596 g/mol. The van der Waals surface area contributed by atoms with Crippen molar-refractivity contribution in [2.24, 2.45) is 0 Å². The number of aliphatic hydroxyl groups is 1. The van der Waals surface area contributed by atoms with Crippen molar-refractivity contribution in [1.82, 2.24) is 4.98 Å². The van der Waals surface area contributed by atoms with Crippen LogP contribution in [0.5, 0.6) is 0 Å². The molecule has 3 rings (SSSR count). The van der Waals surface area contributed by atoms with Crippen LogP contribution < -0.4 is 0 Å². The van der Waals surface area contributed by atoms with Gasteiger partial charge < -0.3 is 9.84 Å². The van der Waals surface area contributed by atoms with E-state index in [0.29, 0.717) is 24.0 Å². The summed E-state index contributed by atoms with van der Waals surface area (Å²) in [5.74, 6) is -0.366. The van der Waals surface area contributed by atoms with Crippen molar-refractivity contribution in [3.8, 4) is 11.1 Å². The summed E-state index contributed by atoms with van der Waals surface area (Å²) in [6, 6.07) is 13.1. The third-order valence-corrected chi connectivity index (χ3v) is 8.26. The van der Waals surface area contributed by atoms with Gasteiger partial charge in [0.05, 0.1) is 13.5 Å². The summed E-state index contributed by atoms with van der Waals surface area (Å²) in [6.45, 7) is 7.68. The van der Waals surface area contributed by atoms with E-state index in [1.807, 2.05) is 45.0 Å². The number of esters is 1. The number of methoxy groups -OCH3 is 1. The van der Waals surface area contributed by atoms with Gasteiger partial charge in [0.15, 0.2) is 0 Å². The minimum atomic E-state index is -5.85. The first kappa shape index (κ1) is 33.1. The first-order valence-corrected chi connectivity index (χ1v) is 13.6. The molecule has 0 amide bonds. The number of rotatable bonds is 10. The molecule has 0 aliphatic heterocycles. The summed E-state index contributed by atoms with van der Waals surface area (Å²) in [4.78, 5) is 16.0. The molecule has 0 radical (unpaired) electrons. The zero-order chi connectivity index (χ0) is 31.5. The monoisotopic (exact) mass is 595 g/mol. The zero-order valence-electron chi connectivity index (χ0n) is 24.2. The summed E-state index contributed by atoms with van der Waals surface area (Å²) in [7, 11) is 1.33. The number of hydrogen-bond acceptors (Lipinski definition) is 4. The molecule has 42 heavy (non-hydrogen) atoms. The van der Waals surface area contributed by atoms with Gasteiger partial charge in [0.1, 0.15) is 0 Å². The predicted molar refractivity (Wildman–Crippen MR) is 148 cm³/mol. The van der Waals surface area contributed by atoms with Gasteiger partial charge >= 0.3 is 18.3 Å². The Morgan fingerprint density at radius 1 is 0.857 bits per heavy atom. The van der Waals surface area contributed by atoms with Gasteiger partial charge in [-0.15, -0.1) is 0 Å². The highest BCUT2D eigenvalue weighted by Crippen LogP contribution is 2.46. The average Bonchev–Trinajstić information content (AvgIpc) is 2.92. The lowest BCUT2D eigenvalue weighted by Gasteiger charge is -2.35. The molecule has 3 aromatic rings. The first-order chi connectivity index (χ1) is 19.5. The van der Waals surface area contributed by atoms with Crippen molar-refractivity contribution in [1.29, 1.82) is 0 Å². The smallest absolute Gasteiger partial charge is 0.426 e. The molecule has 0 aliphatic carbocycles.